The first-order valence-electron chi connectivity index (χ1n) is 6.06. The van der Waals surface area contributed by atoms with Crippen LogP contribution in [0.1, 0.15) is 38.1 Å². The van der Waals surface area contributed by atoms with Gasteiger partial charge in [-0.1, -0.05) is 20.8 Å². The highest BCUT2D eigenvalue weighted by Crippen LogP contribution is 2.19. The van der Waals surface area contributed by atoms with E-state index in [9.17, 15) is 13.6 Å². The van der Waals surface area contributed by atoms with Crippen LogP contribution in [0.5, 0.6) is 5.75 Å². The summed E-state index contributed by atoms with van der Waals surface area (Å²) < 4.78 is 28.2. The molecule has 1 rings (SSSR count). The largest absolute Gasteiger partial charge is 0.435 e. The number of hydrogen-bond acceptors (Lipinski definition) is 2. The third-order valence-corrected chi connectivity index (χ3v) is 2.99. The average Bonchev–Trinajstić information content (AvgIpc) is 2.27. The van der Waals surface area contributed by atoms with E-state index < -0.39 is 6.61 Å². The summed E-state index contributed by atoms with van der Waals surface area (Å²) in [6.07, 6.45) is 0. The van der Waals surface area contributed by atoms with Crippen LogP contribution in [-0.2, 0) is 0 Å². The van der Waals surface area contributed by atoms with Crippen molar-refractivity contribution >= 4 is 5.91 Å². The van der Waals surface area contributed by atoms with E-state index in [-0.39, 0.29) is 23.1 Å². The van der Waals surface area contributed by atoms with Crippen molar-refractivity contribution in [2.45, 2.75) is 40.3 Å². The maximum Gasteiger partial charge on any atom is 0.387 e. The van der Waals surface area contributed by atoms with E-state index >= 15 is 0 Å². The molecule has 0 saturated carbocycles. The number of ether oxygens (including phenoxy) is 1. The summed E-state index contributed by atoms with van der Waals surface area (Å²) in [5.41, 5.74) is 0.367. The summed E-state index contributed by atoms with van der Waals surface area (Å²) in [5, 5.41) is 2.87. The second kappa shape index (κ2) is 5.99. The molecule has 3 nitrogen and oxygen atoms in total. The Labute approximate surface area is 112 Å². The molecule has 1 unspecified atom stereocenters. The first-order chi connectivity index (χ1) is 8.70. The molecule has 19 heavy (non-hydrogen) atoms. The van der Waals surface area contributed by atoms with Crippen LogP contribution >= 0.6 is 0 Å². The quantitative estimate of drug-likeness (QED) is 0.910. The summed E-state index contributed by atoms with van der Waals surface area (Å²) >= 11 is 0. The van der Waals surface area contributed by atoms with Crippen LogP contribution < -0.4 is 10.1 Å². The van der Waals surface area contributed by atoms with Crippen molar-refractivity contribution in [1.29, 1.82) is 0 Å². The molecule has 0 aliphatic rings. The molecule has 0 fully saturated rings. The Kier molecular flexibility index (Phi) is 4.86. The van der Waals surface area contributed by atoms with E-state index in [4.69, 9.17) is 0 Å². The normalized spacial score (nSPS) is 13.2. The van der Waals surface area contributed by atoms with Crippen LogP contribution in [0, 0.1) is 5.41 Å². The minimum Gasteiger partial charge on any atom is -0.435 e. The number of alkyl halides is 2. The zero-order valence-electron chi connectivity index (χ0n) is 11.5. The SMILES string of the molecule is CC(NC(=O)c1ccc(OC(F)F)cc1)C(C)(C)C. The van der Waals surface area contributed by atoms with Gasteiger partial charge in [0.05, 0.1) is 0 Å². The van der Waals surface area contributed by atoms with Crippen molar-refractivity contribution in [2.75, 3.05) is 0 Å². The topological polar surface area (TPSA) is 38.3 Å². The third kappa shape index (κ3) is 4.85. The summed E-state index contributed by atoms with van der Waals surface area (Å²) in [5.74, 6) is -0.193. The van der Waals surface area contributed by atoms with Crippen molar-refractivity contribution in [3.63, 3.8) is 0 Å². The first-order valence-corrected chi connectivity index (χ1v) is 6.06. The maximum atomic E-state index is 12.0. The van der Waals surface area contributed by atoms with Crippen molar-refractivity contribution < 1.29 is 18.3 Å². The molecule has 106 valence electrons. The molecule has 1 amide bonds. The minimum atomic E-state index is -2.86. The van der Waals surface area contributed by atoms with Crippen LogP contribution in [0.2, 0.25) is 0 Å². The first kappa shape index (κ1) is 15.4. The molecule has 0 aromatic heterocycles. The predicted octanol–water partition coefficient (Wildman–Crippen LogP) is 3.45. The summed E-state index contributed by atoms with van der Waals surface area (Å²) in [4.78, 5) is 11.9. The van der Waals surface area contributed by atoms with Crippen LogP contribution in [0.3, 0.4) is 0 Å². The van der Waals surface area contributed by atoms with Gasteiger partial charge in [-0.25, -0.2) is 0 Å². The summed E-state index contributed by atoms with van der Waals surface area (Å²) in [6, 6.07) is 5.62. The summed E-state index contributed by atoms with van der Waals surface area (Å²) in [7, 11) is 0. The molecule has 0 aliphatic carbocycles. The monoisotopic (exact) mass is 271 g/mol. The van der Waals surface area contributed by atoms with E-state index in [1.54, 1.807) is 0 Å². The number of hydrogen-bond donors (Lipinski definition) is 1. The van der Waals surface area contributed by atoms with Crippen molar-refractivity contribution in [2.24, 2.45) is 5.41 Å². The molecule has 1 N–H and O–H groups in total. The van der Waals surface area contributed by atoms with Gasteiger partial charge >= 0.3 is 6.61 Å². The Hall–Kier alpha value is -1.65. The molecule has 1 aromatic carbocycles. The van der Waals surface area contributed by atoms with E-state index in [0.717, 1.165) is 0 Å². The Morgan fingerprint density at radius 2 is 1.74 bits per heavy atom. The lowest BCUT2D eigenvalue weighted by atomic mass is 9.88. The van der Waals surface area contributed by atoms with Crippen molar-refractivity contribution in [3.05, 3.63) is 29.8 Å². The van der Waals surface area contributed by atoms with Crippen LogP contribution in [0.15, 0.2) is 24.3 Å². The Balaban J connectivity index is 2.68. The highest BCUT2D eigenvalue weighted by molar-refractivity contribution is 5.94. The maximum absolute atomic E-state index is 12.0. The zero-order valence-corrected chi connectivity index (χ0v) is 11.5. The molecule has 1 aromatic rings. The molecule has 0 heterocycles. The molecular weight excluding hydrogens is 252 g/mol. The van der Waals surface area contributed by atoms with Gasteiger partial charge in [-0.2, -0.15) is 8.78 Å². The second-order valence-electron chi connectivity index (χ2n) is 5.46. The van der Waals surface area contributed by atoms with Gasteiger partial charge in [-0.15, -0.1) is 0 Å². The average molecular weight is 271 g/mol. The van der Waals surface area contributed by atoms with E-state index in [0.29, 0.717) is 5.56 Å². The Morgan fingerprint density at radius 1 is 1.21 bits per heavy atom. The molecule has 5 heteroatoms. The number of carbonyl (C=O) groups is 1. The van der Waals surface area contributed by atoms with Crippen LogP contribution in [-0.4, -0.2) is 18.6 Å². The van der Waals surface area contributed by atoms with Gasteiger partial charge in [0.1, 0.15) is 5.75 Å². The second-order valence-corrected chi connectivity index (χ2v) is 5.46. The van der Waals surface area contributed by atoms with Gasteiger partial charge < -0.3 is 10.1 Å². The standard InChI is InChI=1S/C14H19F2NO2/c1-9(14(2,3)4)17-12(18)10-5-7-11(8-6-10)19-13(15)16/h5-9,13H,1-4H3,(H,17,18). The van der Waals surface area contributed by atoms with Crippen molar-refractivity contribution in [1.82, 2.24) is 5.32 Å². The number of amides is 1. The van der Waals surface area contributed by atoms with Crippen LogP contribution in [0.25, 0.3) is 0 Å². The molecule has 0 bridgehead atoms. The number of benzene rings is 1. The summed E-state index contributed by atoms with van der Waals surface area (Å²) in [6.45, 7) is 5.14. The van der Waals surface area contributed by atoms with Gasteiger partial charge in [-0.05, 0) is 36.6 Å². The number of halogens is 2. The predicted molar refractivity (Wildman–Crippen MR) is 69.5 cm³/mol. The molecule has 0 radical (unpaired) electrons. The van der Waals surface area contributed by atoms with Gasteiger partial charge in [0, 0.05) is 11.6 Å². The third-order valence-electron chi connectivity index (χ3n) is 2.99. The molecular formula is C14H19F2NO2. The minimum absolute atomic E-state index is 0.00279. The highest BCUT2D eigenvalue weighted by Gasteiger charge is 2.22. The van der Waals surface area contributed by atoms with Gasteiger partial charge in [-0.3, -0.25) is 4.79 Å². The molecule has 0 spiro atoms. The number of nitrogens with one attached hydrogen (secondary N) is 1. The molecule has 0 saturated heterocycles. The van der Waals surface area contributed by atoms with E-state index in [2.05, 4.69) is 10.1 Å². The zero-order chi connectivity index (χ0) is 14.6. The fourth-order valence-electron chi connectivity index (χ4n) is 1.28. The highest BCUT2D eigenvalue weighted by atomic mass is 19.3. The Bertz CT molecular complexity index is 424. The molecule has 1 atom stereocenters. The lowest BCUT2D eigenvalue weighted by Gasteiger charge is -2.28. The lowest BCUT2D eigenvalue weighted by molar-refractivity contribution is -0.0498. The van der Waals surface area contributed by atoms with Gasteiger partial charge in [0.15, 0.2) is 0 Å². The fraction of sp³-hybridized carbons (Fsp3) is 0.500. The number of carbonyl (C=O) groups excluding carboxylic acids is 1. The molecule has 0 aliphatic heterocycles. The van der Waals surface area contributed by atoms with E-state index in [1.165, 1.54) is 24.3 Å². The van der Waals surface area contributed by atoms with Crippen LogP contribution in [0.4, 0.5) is 8.78 Å². The Morgan fingerprint density at radius 3 is 2.16 bits per heavy atom. The van der Waals surface area contributed by atoms with Gasteiger partial charge in [0.2, 0.25) is 0 Å². The smallest absolute Gasteiger partial charge is 0.387 e. The van der Waals surface area contributed by atoms with E-state index in [1.807, 2.05) is 27.7 Å². The van der Waals surface area contributed by atoms with Gasteiger partial charge in [0.25, 0.3) is 5.91 Å². The number of rotatable bonds is 4. The van der Waals surface area contributed by atoms with Crippen molar-refractivity contribution in [3.8, 4) is 5.75 Å². The lowest BCUT2D eigenvalue weighted by Crippen LogP contribution is -2.41. The fourth-order valence-corrected chi connectivity index (χ4v) is 1.28.